The number of rotatable bonds is 8. The summed E-state index contributed by atoms with van der Waals surface area (Å²) in [6, 6.07) is 18.3. The van der Waals surface area contributed by atoms with Crippen molar-refractivity contribution in [3.63, 3.8) is 0 Å². The number of alkyl halides is 2. The number of hydrogen-bond donors (Lipinski definition) is 1. The van der Waals surface area contributed by atoms with E-state index in [0.29, 0.717) is 13.0 Å². The van der Waals surface area contributed by atoms with Crippen LogP contribution in [0.5, 0.6) is 5.75 Å². The van der Waals surface area contributed by atoms with Gasteiger partial charge in [-0.15, -0.1) is 0 Å². The summed E-state index contributed by atoms with van der Waals surface area (Å²) < 4.78 is 29.8. The van der Waals surface area contributed by atoms with Gasteiger partial charge < -0.3 is 10.1 Å². The van der Waals surface area contributed by atoms with E-state index >= 15 is 0 Å². The molecule has 8 heteroatoms. The van der Waals surface area contributed by atoms with Gasteiger partial charge in [-0.1, -0.05) is 42.5 Å². The molecule has 0 aliphatic carbocycles. The van der Waals surface area contributed by atoms with Crippen LogP contribution in [0.25, 0.3) is 0 Å². The number of hydrogen-bond acceptors (Lipinski definition) is 4. The SMILES string of the molecule is O=C(NCCc1ccc(OC(F)F)cc1)c1ccc(=O)n(Cc2ccccc2)n1. The topological polar surface area (TPSA) is 73.2 Å². The molecule has 6 nitrogen and oxygen atoms in total. The Morgan fingerprint density at radius 3 is 2.41 bits per heavy atom. The van der Waals surface area contributed by atoms with Gasteiger partial charge in [-0.3, -0.25) is 9.59 Å². The van der Waals surface area contributed by atoms with Crippen molar-refractivity contribution in [1.82, 2.24) is 15.1 Å². The van der Waals surface area contributed by atoms with E-state index in [2.05, 4.69) is 15.2 Å². The first-order valence-electron chi connectivity index (χ1n) is 8.95. The van der Waals surface area contributed by atoms with Gasteiger partial charge in [0.2, 0.25) is 0 Å². The largest absolute Gasteiger partial charge is 0.435 e. The highest BCUT2D eigenvalue weighted by Gasteiger charge is 2.10. The molecule has 150 valence electrons. The molecule has 2 aromatic carbocycles. The third kappa shape index (κ3) is 5.97. The second-order valence-electron chi connectivity index (χ2n) is 6.23. The zero-order valence-electron chi connectivity index (χ0n) is 15.4. The number of benzene rings is 2. The van der Waals surface area contributed by atoms with Gasteiger partial charge in [-0.2, -0.15) is 13.9 Å². The first kappa shape index (κ1) is 20.2. The fraction of sp³-hybridized carbons (Fsp3) is 0.190. The van der Waals surface area contributed by atoms with Crippen LogP contribution in [0.4, 0.5) is 8.78 Å². The Labute approximate surface area is 165 Å². The number of amides is 1. The molecule has 1 aromatic heterocycles. The van der Waals surface area contributed by atoms with E-state index in [9.17, 15) is 18.4 Å². The molecule has 0 unspecified atom stereocenters. The minimum atomic E-state index is -2.86. The predicted molar refractivity (Wildman–Crippen MR) is 103 cm³/mol. The molecule has 0 aliphatic heterocycles. The number of ether oxygens (including phenoxy) is 1. The highest BCUT2D eigenvalue weighted by atomic mass is 19.3. The van der Waals surface area contributed by atoms with Gasteiger partial charge >= 0.3 is 6.61 Å². The Hall–Kier alpha value is -3.55. The number of carbonyl (C=O) groups is 1. The highest BCUT2D eigenvalue weighted by Crippen LogP contribution is 2.15. The van der Waals surface area contributed by atoms with Crippen LogP contribution in [0, 0.1) is 0 Å². The Kier molecular flexibility index (Phi) is 6.67. The molecule has 0 atom stereocenters. The number of nitrogens with one attached hydrogen (secondary N) is 1. The first-order valence-corrected chi connectivity index (χ1v) is 8.95. The van der Waals surface area contributed by atoms with Crippen LogP contribution < -0.4 is 15.6 Å². The van der Waals surface area contributed by atoms with Gasteiger partial charge in [0.05, 0.1) is 6.54 Å². The fourth-order valence-electron chi connectivity index (χ4n) is 2.69. The summed E-state index contributed by atoms with van der Waals surface area (Å²) in [4.78, 5) is 24.3. The molecule has 0 radical (unpaired) electrons. The van der Waals surface area contributed by atoms with Gasteiger partial charge in [-0.25, -0.2) is 4.68 Å². The molecule has 0 saturated carbocycles. The summed E-state index contributed by atoms with van der Waals surface area (Å²) in [6.45, 7) is -2.26. The zero-order chi connectivity index (χ0) is 20.6. The Bertz CT molecular complexity index is 1010. The Morgan fingerprint density at radius 2 is 1.72 bits per heavy atom. The quantitative estimate of drug-likeness (QED) is 0.632. The summed E-state index contributed by atoms with van der Waals surface area (Å²) in [5.41, 5.74) is 1.60. The summed E-state index contributed by atoms with van der Waals surface area (Å²) in [5.74, 6) is -0.317. The molecular formula is C21H19F2N3O3. The molecule has 3 rings (SSSR count). The minimum absolute atomic E-state index is 0.0812. The predicted octanol–water partition coefficient (Wildman–Crippen LogP) is 2.87. The van der Waals surface area contributed by atoms with E-state index in [1.165, 1.54) is 28.9 Å². The van der Waals surface area contributed by atoms with Crippen molar-refractivity contribution in [2.45, 2.75) is 19.6 Å². The van der Waals surface area contributed by atoms with Crippen molar-refractivity contribution in [2.24, 2.45) is 0 Å². The van der Waals surface area contributed by atoms with Crippen molar-refractivity contribution in [3.8, 4) is 5.75 Å². The van der Waals surface area contributed by atoms with E-state index in [0.717, 1.165) is 11.1 Å². The number of nitrogens with zero attached hydrogens (tertiary/aromatic N) is 2. The average molecular weight is 399 g/mol. The van der Waals surface area contributed by atoms with Gasteiger partial charge in [0, 0.05) is 12.6 Å². The molecular weight excluding hydrogens is 380 g/mol. The van der Waals surface area contributed by atoms with Crippen LogP contribution in [-0.2, 0) is 13.0 Å². The normalized spacial score (nSPS) is 10.7. The average Bonchev–Trinajstić information content (AvgIpc) is 2.71. The standard InChI is InChI=1S/C21H19F2N3O3/c22-21(23)29-17-8-6-15(7-9-17)12-13-24-20(28)18-10-11-19(27)26(25-18)14-16-4-2-1-3-5-16/h1-11,21H,12-14H2,(H,24,28). The maximum absolute atomic E-state index is 12.3. The second-order valence-corrected chi connectivity index (χ2v) is 6.23. The Balaban J connectivity index is 1.56. The van der Waals surface area contributed by atoms with Crippen molar-refractivity contribution in [2.75, 3.05) is 6.54 Å². The fourth-order valence-corrected chi connectivity index (χ4v) is 2.69. The Morgan fingerprint density at radius 1 is 1.00 bits per heavy atom. The monoisotopic (exact) mass is 399 g/mol. The summed E-state index contributed by atoms with van der Waals surface area (Å²) in [7, 11) is 0. The smallest absolute Gasteiger partial charge is 0.387 e. The first-order chi connectivity index (χ1) is 14.0. The van der Waals surface area contributed by atoms with E-state index in [-0.39, 0.29) is 23.5 Å². The van der Waals surface area contributed by atoms with Crippen molar-refractivity contribution in [1.29, 1.82) is 0 Å². The zero-order valence-corrected chi connectivity index (χ0v) is 15.4. The van der Waals surface area contributed by atoms with E-state index in [1.54, 1.807) is 12.1 Å². The number of carbonyl (C=O) groups excluding carboxylic acids is 1. The molecule has 1 amide bonds. The molecule has 0 bridgehead atoms. The third-order valence-electron chi connectivity index (χ3n) is 4.12. The minimum Gasteiger partial charge on any atom is -0.435 e. The maximum atomic E-state index is 12.3. The lowest BCUT2D eigenvalue weighted by atomic mass is 10.1. The molecule has 0 spiro atoms. The maximum Gasteiger partial charge on any atom is 0.387 e. The van der Waals surface area contributed by atoms with E-state index in [4.69, 9.17) is 0 Å². The van der Waals surface area contributed by atoms with Crippen molar-refractivity contribution >= 4 is 5.91 Å². The van der Waals surface area contributed by atoms with Crippen LogP contribution in [-0.4, -0.2) is 28.8 Å². The van der Waals surface area contributed by atoms with Gasteiger partial charge in [0.25, 0.3) is 11.5 Å². The lowest BCUT2D eigenvalue weighted by molar-refractivity contribution is -0.0498. The van der Waals surface area contributed by atoms with Gasteiger partial charge in [0.15, 0.2) is 0 Å². The van der Waals surface area contributed by atoms with Gasteiger partial charge in [-0.05, 0) is 35.7 Å². The lowest BCUT2D eigenvalue weighted by Crippen LogP contribution is -2.30. The second kappa shape index (κ2) is 9.59. The van der Waals surface area contributed by atoms with Crippen LogP contribution in [0.2, 0.25) is 0 Å². The molecule has 1 N–H and O–H groups in total. The van der Waals surface area contributed by atoms with Gasteiger partial charge in [0.1, 0.15) is 11.4 Å². The molecule has 1 heterocycles. The number of halogens is 2. The van der Waals surface area contributed by atoms with E-state index in [1.807, 2.05) is 30.3 Å². The molecule has 0 fully saturated rings. The van der Waals surface area contributed by atoms with E-state index < -0.39 is 12.5 Å². The van der Waals surface area contributed by atoms with Crippen molar-refractivity contribution in [3.05, 3.63) is 93.9 Å². The van der Waals surface area contributed by atoms with Crippen LogP contribution >= 0.6 is 0 Å². The summed E-state index contributed by atoms with van der Waals surface area (Å²) >= 11 is 0. The highest BCUT2D eigenvalue weighted by molar-refractivity contribution is 5.91. The molecule has 3 aromatic rings. The molecule has 29 heavy (non-hydrogen) atoms. The van der Waals surface area contributed by atoms with Crippen molar-refractivity contribution < 1.29 is 18.3 Å². The summed E-state index contributed by atoms with van der Waals surface area (Å²) in [5, 5.41) is 6.87. The summed E-state index contributed by atoms with van der Waals surface area (Å²) in [6.07, 6.45) is 0.504. The van der Waals surface area contributed by atoms with Crippen LogP contribution in [0.1, 0.15) is 21.6 Å². The molecule has 0 aliphatic rings. The lowest BCUT2D eigenvalue weighted by Gasteiger charge is -2.09. The van der Waals surface area contributed by atoms with Crippen LogP contribution in [0.15, 0.2) is 71.5 Å². The van der Waals surface area contributed by atoms with Crippen LogP contribution in [0.3, 0.4) is 0 Å². The number of aromatic nitrogens is 2. The third-order valence-corrected chi connectivity index (χ3v) is 4.12. The molecule has 0 saturated heterocycles.